The van der Waals surface area contributed by atoms with Crippen LogP contribution in [-0.2, 0) is 6.54 Å². The Morgan fingerprint density at radius 2 is 1.85 bits per heavy atom. The van der Waals surface area contributed by atoms with E-state index in [4.69, 9.17) is 10.5 Å². The van der Waals surface area contributed by atoms with Gasteiger partial charge < -0.3 is 15.4 Å². The number of rotatable bonds is 11. The fourth-order valence-corrected chi connectivity index (χ4v) is 2.06. The van der Waals surface area contributed by atoms with Crippen molar-refractivity contribution in [1.82, 2.24) is 4.90 Å². The lowest BCUT2D eigenvalue weighted by Crippen LogP contribution is -2.19. The molecule has 1 aromatic rings. The molecule has 0 bridgehead atoms. The summed E-state index contributed by atoms with van der Waals surface area (Å²) in [4.78, 5) is 2.29. The average molecular weight is 276 g/mol. The molecule has 0 amide bonds. The number of hydrogen-bond donors (Lipinski definition) is 1. The second-order valence-corrected chi connectivity index (χ2v) is 5.16. The molecule has 3 heteroatoms. The Morgan fingerprint density at radius 1 is 1.15 bits per heavy atom. The van der Waals surface area contributed by atoms with E-state index in [1.165, 1.54) is 19.3 Å². The van der Waals surface area contributed by atoms with Gasteiger partial charge in [0.15, 0.2) is 0 Å². The Balaban J connectivity index is 2.00. The third-order valence-electron chi connectivity index (χ3n) is 3.30. The Bertz CT molecular complexity index is 362. The third kappa shape index (κ3) is 7.31. The molecule has 1 rings (SSSR count). The predicted octanol–water partition coefficient (Wildman–Crippen LogP) is 3.20. The number of ether oxygens (including phenoxy) is 1. The van der Waals surface area contributed by atoms with Crippen LogP contribution in [0.15, 0.2) is 36.9 Å². The van der Waals surface area contributed by atoms with Gasteiger partial charge in [-0.25, -0.2) is 0 Å². The van der Waals surface area contributed by atoms with E-state index >= 15 is 0 Å². The summed E-state index contributed by atoms with van der Waals surface area (Å²) in [6.45, 7) is 7.24. The molecular formula is C17H28N2O. The van der Waals surface area contributed by atoms with Gasteiger partial charge in [-0.1, -0.05) is 31.1 Å². The molecule has 0 saturated carbocycles. The largest absolute Gasteiger partial charge is 0.494 e. The number of nitrogens with two attached hydrogens (primary N) is 1. The van der Waals surface area contributed by atoms with E-state index in [-0.39, 0.29) is 0 Å². The highest BCUT2D eigenvalue weighted by Gasteiger charge is 1.97. The lowest BCUT2D eigenvalue weighted by Gasteiger charge is -2.13. The summed E-state index contributed by atoms with van der Waals surface area (Å²) in [6, 6.07) is 8.02. The Kier molecular flexibility index (Phi) is 8.76. The summed E-state index contributed by atoms with van der Waals surface area (Å²) in [5.74, 6) is 0.938. The molecule has 0 atom stereocenters. The first-order valence-electron chi connectivity index (χ1n) is 7.47. The fraction of sp³-hybridized carbons (Fsp3) is 0.529. The zero-order chi connectivity index (χ0) is 14.6. The minimum Gasteiger partial charge on any atom is -0.494 e. The molecule has 0 saturated heterocycles. The van der Waals surface area contributed by atoms with Gasteiger partial charge in [0.05, 0.1) is 6.61 Å². The SMILES string of the molecule is C=CCN(C)CCCCCCOc1ccc(CN)cc1. The standard InChI is InChI=1S/C17H28N2O/c1-3-12-19(2)13-6-4-5-7-14-20-17-10-8-16(15-18)9-11-17/h3,8-11H,1,4-7,12-15,18H2,2H3. The van der Waals surface area contributed by atoms with Gasteiger partial charge >= 0.3 is 0 Å². The molecule has 3 nitrogen and oxygen atoms in total. The quantitative estimate of drug-likeness (QED) is 0.498. The second-order valence-electron chi connectivity index (χ2n) is 5.16. The van der Waals surface area contributed by atoms with Gasteiger partial charge in [-0.15, -0.1) is 6.58 Å². The topological polar surface area (TPSA) is 38.5 Å². The molecule has 20 heavy (non-hydrogen) atoms. The first kappa shape index (κ1) is 16.7. The van der Waals surface area contributed by atoms with Crippen molar-refractivity contribution in [2.45, 2.75) is 32.2 Å². The van der Waals surface area contributed by atoms with Gasteiger partial charge in [0, 0.05) is 13.1 Å². The van der Waals surface area contributed by atoms with E-state index in [2.05, 4.69) is 18.5 Å². The summed E-state index contributed by atoms with van der Waals surface area (Å²) in [5.41, 5.74) is 6.70. The minimum absolute atomic E-state index is 0.584. The number of likely N-dealkylation sites (N-methyl/N-ethyl adjacent to an activating group) is 1. The summed E-state index contributed by atoms with van der Waals surface area (Å²) in [6.07, 6.45) is 6.79. The molecule has 0 aromatic heterocycles. The molecule has 1 aromatic carbocycles. The van der Waals surface area contributed by atoms with Crippen LogP contribution in [0.2, 0.25) is 0 Å². The average Bonchev–Trinajstić information content (AvgIpc) is 2.47. The van der Waals surface area contributed by atoms with Gasteiger partial charge in [-0.2, -0.15) is 0 Å². The lowest BCUT2D eigenvalue weighted by atomic mass is 10.2. The second kappa shape index (κ2) is 10.5. The van der Waals surface area contributed by atoms with Gasteiger partial charge in [0.25, 0.3) is 0 Å². The number of benzene rings is 1. The Hall–Kier alpha value is -1.32. The van der Waals surface area contributed by atoms with Crippen molar-refractivity contribution in [2.24, 2.45) is 5.73 Å². The van der Waals surface area contributed by atoms with Crippen LogP contribution >= 0.6 is 0 Å². The third-order valence-corrected chi connectivity index (χ3v) is 3.30. The molecule has 0 aliphatic rings. The number of nitrogens with zero attached hydrogens (tertiary/aromatic N) is 1. The highest BCUT2D eigenvalue weighted by molar-refractivity contribution is 5.26. The van der Waals surface area contributed by atoms with Crippen LogP contribution in [0.1, 0.15) is 31.2 Å². The molecule has 2 N–H and O–H groups in total. The van der Waals surface area contributed by atoms with Crippen LogP contribution in [0.5, 0.6) is 5.75 Å². The molecule has 0 heterocycles. The Morgan fingerprint density at radius 3 is 2.50 bits per heavy atom. The van der Waals surface area contributed by atoms with Crippen LogP contribution in [0.3, 0.4) is 0 Å². The van der Waals surface area contributed by atoms with E-state index in [9.17, 15) is 0 Å². The number of hydrogen-bond acceptors (Lipinski definition) is 3. The maximum absolute atomic E-state index is 5.71. The molecule has 0 aliphatic heterocycles. The van der Waals surface area contributed by atoms with Crippen molar-refractivity contribution in [1.29, 1.82) is 0 Å². The van der Waals surface area contributed by atoms with E-state index < -0.39 is 0 Å². The van der Waals surface area contributed by atoms with E-state index in [0.29, 0.717) is 6.54 Å². The lowest BCUT2D eigenvalue weighted by molar-refractivity contribution is 0.300. The van der Waals surface area contributed by atoms with Gasteiger partial charge in [-0.05, 0) is 44.1 Å². The van der Waals surface area contributed by atoms with Crippen LogP contribution in [-0.4, -0.2) is 31.6 Å². The van der Waals surface area contributed by atoms with E-state index in [1.54, 1.807) is 0 Å². The first-order valence-corrected chi connectivity index (χ1v) is 7.47. The van der Waals surface area contributed by atoms with Crippen molar-refractivity contribution in [3.8, 4) is 5.75 Å². The van der Waals surface area contributed by atoms with Crippen molar-refractivity contribution >= 4 is 0 Å². The zero-order valence-corrected chi connectivity index (χ0v) is 12.7. The highest BCUT2D eigenvalue weighted by Crippen LogP contribution is 2.12. The normalized spacial score (nSPS) is 10.8. The summed E-state index contributed by atoms with van der Waals surface area (Å²) in [5, 5.41) is 0. The predicted molar refractivity (Wildman–Crippen MR) is 86.0 cm³/mol. The van der Waals surface area contributed by atoms with Crippen molar-refractivity contribution in [2.75, 3.05) is 26.7 Å². The highest BCUT2D eigenvalue weighted by atomic mass is 16.5. The summed E-state index contributed by atoms with van der Waals surface area (Å²) in [7, 11) is 2.13. The monoisotopic (exact) mass is 276 g/mol. The van der Waals surface area contributed by atoms with Gasteiger partial charge in [0.1, 0.15) is 5.75 Å². The molecule has 112 valence electrons. The smallest absolute Gasteiger partial charge is 0.119 e. The molecule has 0 unspecified atom stereocenters. The van der Waals surface area contributed by atoms with Crippen LogP contribution in [0, 0.1) is 0 Å². The van der Waals surface area contributed by atoms with Crippen LogP contribution in [0.25, 0.3) is 0 Å². The number of unbranched alkanes of at least 4 members (excludes halogenated alkanes) is 3. The molecule has 0 spiro atoms. The van der Waals surface area contributed by atoms with Crippen LogP contribution < -0.4 is 10.5 Å². The van der Waals surface area contributed by atoms with Gasteiger partial charge in [0.2, 0.25) is 0 Å². The molecule has 0 fully saturated rings. The zero-order valence-electron chi connectivity index (χ0n) is 12.7. The molecule has 0 aliphatic carbocycles. The van der Waals surface area contributed by atoms with E-state index in [0.717, 1.165) is 37.4 Å². The van der Waals surface area contributed by atoms with Crippen molar-refractivity contribution in [3.63, 3.8) is 0 Å². The first-order chi connectivity index (χ1) is 9.76. The summed E-state index contributed by atoms with van der Waals surface area (Å²) < 4.78 is 5.71. The van der Waals surface area contributed by atoms with Crippen molar-refractivity contribution in [3.05, 3.63) is 42.5 Å². The van der Waals surface area contributed by atoms with E-state index in [1.807, 2.05) is 30.3 Å². The van der Waals surface area contributed by atoms with Gasteiger partial charge in [-0.3, -0.25) is 0 Å². The minimum atomic E-state index is 0.584. The summed E-state index contributed by atoms with van der Waals surface area (Å²) >= 11 is 0. The Labute approximate surface area is 123 Å². The molecular weight excluding hydrogens is 248 g/mol. The maximum Gasteiger partial charge on any atom is 0.119 e. The molecule has 0 radical (unpaired) electrons. The maximum atomic E-state index is 5.71. The van der Waals surface area contributed by atoms with Crippen LogP contribution in [0.4, 0.5) is 0 Å². The van der Waals surface area contributed by atoms with Crippen molar-refractivity contribution < 1.29 is 4.74 Å². The fourth-order valence-electron chi connectivity index (χ4n) is 2.06.